The molecule has 1 atom stereocenters. The predicted octanol–water partition coefficient (Wildman–Crippen LogP) is 7.66. The molecule has 0 bridgehead atoms. The summed E-state index contributed by atoms with van der Waals surface area (Å²) in [5.41, 5.74) is 8.49. The minimum absolute atomic E-state index is 0.211. The number of nitrogens with zero attached hydrogens (tertiary/aromatic N) is 4. The van der Waals surface area contributed by atoms with Gasteiger partial charge in [-0.15, -0.1) is 0 Å². The van der Waals surface area contributed by atoms with Crippen molar-refractivity contribution in [3.8, 4) is 0 Å². The smallest absolute Gasteiger partial charge is 0.339 e. The standard InChI is InChI=1S/C35H46N4O3/c1-7-10-15-33(39-32(12-8-2)31(21-37-39)35(40)41)36-20-27-14-11-13-24(4)34(27)42-23-29-17-16-28-22-38(25(5)9-3)19-18-30(28)26(29)6/h7,10,14-17,20-21,25H,8-9,11-13,18-19,22-23H2,1-6H3,(H,40,41)/b10-7-,33-15+,36-20?. The van der Waals surface area contributed by atoms with Crippen LogP contribution < -0.4 is 0 Å². The average Bonchev–Trinajstić information content (AvgIpc) is 3.41. The first-order valence-corrected chi connectivity index (χ1v) is 15.3. The zero-order valence-corrected chi connectivity index (χ0v) is 26.1. The lowest BCUT2D eigenvalue weighted by atomic mass is 9.91. The number of hydrogen-bond donors (Lipinski definition) is 1. The number of rotatable bonds is 12. The Kier molecular flexibility index (Phi) is 10.7. The summed E-state index contributed by atoms with van der Waals surface area (Å²) < 4.78 is 8.18. The first kappa shape index (κ1) is 31.2. The van der Waals surface area contributed by atoms with Crippen LogP contribution in [0.5, 0.6) is 0 Å². The molecule has 0 spiro atoms. The molecule has 7 heteroatoms. The van der Waals surface area contributed by atoms with Crippen molar-refractivity contribution >= 4 is 18.0 Å². The van der Waals surface area contributed by atoms with Crippen LogP contribution in [-0.2, 0) is 30.7 Å². The van der Waals surface area contributed by atoms with Crippen LogP contribution in [0, 0.1) is 6.92 Å². The fraction of sp³-hybridized carbons (Fsp3) is 0.457. The Morgan fingerprint density at radius 3 is 2.76 bits per heavy atom. The highest BCUT2D eigenvalue weighted by molar-refractivity contribution is 5.90. The Morgan fingerprint density at radius 1 is 1.24 bits per heavy atom. The number of fused-ring (bicyclic) bond motifs is 1. The second kappa shape index (κ2) is 14.5. The molecule has 224 valence electrons. The summed E-state index contributed by atoms with van der Waals surface area (Å²) in [5.74, 6) is 0.453. The van der Waals surface area contributed by atoms with Gasteiger partial charge in [0.25, 0.3) is 0 Å². The van der Waals surface area contributed by atoms with Crippen molar-refractivity contribution in [2.24, 2.45) is 4.99 Å². The molecule has 1 aliphatic heterocycles. The van der Waals surface area contributed by atoms with E-state index in [0.717, 1.165) is 50.1 Å². The zero-order valence-electron chi connectivity index (χ0n) is 26.1. The van der Waals surface area contributed by atoms with Crippen LogP contribution in [0.1, 0.15) is 98.6 Å². The minimum Gasteiger partial charge on any atom is -0.488 e. The van der Waals surface area contributed by atoms with Crippen LogP contribution in [0.4, 0.5) is 0 Å². The fourth-order valence-corrected chi connectivity index (χ4v) is 5.78. The maximum atomic E-state index is 11.8. The number of carboxylic acid groups (broad SMARTS) is 1. The molecule has 0 amide bonds. The largest absolute Gasteiger partial charge is 0.488 e. The molecule has 0 fully saturated rings. The number of hydrogen-bond acceptors (Lipinski definition) is 5. The van der Waals surface area contributed by atoms with Crippen molar-refractivity contribution in [3.05, 3.63) is 93.1 Å². The molecule has 1 N–H and O–H groups in total. The third kappa shape index (κ3) is 7.01. The lowest BCUT2D eigenvalue weighted by Gasteiger charge is -2.34. The van der Waals surface area contributed by atoms with Crippen LogP contribution in [0.15, 0.2) is 64.5 Å². The zero-order chi connectivity index (χ0) is 30.2. The molecule has 2 aliphatic rings. The fourth-order valence-electron chi connectivity index (χ4n) is 5.78. The Bertz CT molecular complexity index is 1440. The highest BCUT2D eigenvalue weighted by atomic mass is 16.5. The van der Waals surface area contributed by atoms with E-state index in [1.165, 1.54) is 40.4 Å². The topological polar surface area (TPSA) is 80.0 Å². The van der Waals surface area contributed by atoms with E-state index in [4.69, 9.17) is 9.73 Å². The van der Waals surface area contributed by atoms with Gasteiger partial charge < -0.3 is 9.84 Å². The Labute approximate surface area is 251 Å². The van der Waals surface area contributed by atoms with Gasteiger partial charge in [0.05, 0.1) is 11.9 Å². The average molecular weight is 571 g/mol. The molecule has 1 aromatic carbocycles. The molecule has 4 rings (SSSR count). The van der Waals surface area contributed by atoms with Gasteiger partial charge in [-0.25, -0.2) is 14.5 Å². The van der Waals surface area contributed by atoms with Crippen molar-refractivity contribution in [2.45, 2.75) is 99.3 Å². The van der Waals surface area contributed by atoms with E-state index in [9.17, 15) is 9.90 Å². The van der Waals surface area contributed by atoms with Crippen LogP contribution in [-0.4, -0.2) is 44.6 Å². The molecule has 1 aliphatic carbocycles. The van der Waals surface area contributed by atoms with Gasteiger partial charge in [0, 0.05) is 30.9 Å². The number of allylic oxidation sites excluding steroid dienone is 6. The maximum absolute atomic E-state index is 11.8. The number of aromatic nitrogens is 2. The van der Waals surface area contributed by atoms with Gasteiger partial charge in [-0.1, -0.05) is 50.6 Å². The maximum Gasteiger partial charge on any atom is 0.339 e. The summed E-state index contributed by atoms with van der Waals surface area (Å²) in [6, 6.07) is 5.13. The van der Waals surface area contributed by atoms with E-state index in [2.05, 4.69) is 55.9 Å². The normalized spacial score (nSPS) is 17.2. The first-order valence-electron chi connectivity index (χ1n) is 15.3. The van der Waals surface area contributed by atoms with Crippen molar-refractivity contribution in [2.75, 3.05) is 6.54 Å². The highest BCUT2D eigenvalue weighted by Gasteiger charge is 2.23. The van der Waals surface area contributed by atoms with Crippen LogP contribution >= 0.6 is 0 Å². The molecule has 2 aromatic rings. The van der Waals surface area contributed by atoms with Gasteiger partial charge in [-0.05, 0) is 93.7 Å². The molecule has 1 unspecified atom stereocenters. The van der Waals surface area contributed by atoms with Crippen LogP contribution in [0.3, 0.4) is 0 Å². The lowest BCUT2D eigenvalue weighted by Crippen LogP contribution is -2.37. The summed E-state index contributed by atoms with van der Waals surface area (Å²) in [6.07, 6.45) is 16.6. The SMILES string of the molecule is C/C=C\C=C(/N=CC1=CCCC(C)=C1OCc1ccc2c(c1C)CCN(C(C)CC)C2)n1ncc(C(=O)O)c1CCC. The van der Waals surface area contributed by atoms with Gasteiger partial charge >= 0.3 is 5.97 Å². The highest BCUT2D eigenvalue weighted by Crippen LogP contribution is 2.30. The predicted molar refractivity (Wildman–Crippen MR) is 171 cm³/mol. The third-order valence-electron chi connectivity index (χ3n) is 8.53. The van der Waals surface area contributed by atoms with Gasteiger partial charge in [0.1, 0.15) is 17.9 Å². The van der Waals surface area contributed by atoms with Gasteiger partial charge in [-0.3, -0.25) is 4.90 Å². The first-order chi connectivity index (χ1) is 20.3. The molecule has 42 heavy (non-hydrogen) atoms. The van der Waals surface area contributed by atoms with Gasteiger partial charge in [0.2, 0.25) is 0 Å². The van der Waals surface area contributed by atoms with E-state index < -0.39 is 5.97 Å². The monoisotopic (exact) mass is 570 g/mol. The van der Waals surface area contributed by atoms with Gasteiger partial charge in [0.15, 0.2) is 5.82 Å². The van der Waals surface area contributed by atoms with E-state index in [1.807, 2.05) is 38.3 Å². The summed E-state index contributed by atoms with van der Waals surface area (Å²) >= 11 is 0. The number of carbonyl (C=O) groups is 1. The number of aromatic carboxylic acids is 1. The Balaban J connectivity index is 1.55. The molecule has 1 aromatic heterocycles. The van der Waals surface area contributed by atoms with Crippen LogP contribution in [0.25, 0.3) is 5.82 Å². The number of carboxylic acids is 1. The summed E-state index contributed by atoms with van der Waals surface area (Å²) in [6.45, 7) is 15.5. The second-order valence-corrected chi connectivity index (χ2v) is 11.3. The second-order valence-electron chi connectivity index (χ2n) is 11.3. The van der Waals surface area contributed by atoms with Crippen molar-refractivity contribution in [1.29, 1.82) is 0 Å². The molecule has 2 heterocycles. The quantitative estimate of drug-likeness (QED) is 0.209. The number of ether oxygens (including phenoxy) is 1. The number of benzene rings is 1. The van der Waals surface area contributed by atoms with E-state index in [0.29, 0.717) is 30.6 Å². The van der Waals surface area contributed by atoms with Crippen molar-refractivity contribution < 1.29 is 14.6 Å². The molecule has 0 radical (unpaired) electrons. The van der Waals surface area contributed by atoms with E-state index in [-0.39, 0.29) is 5.56 Å². The van der Waals surface area contributed by atoms with Crippen LogP contribution in [0.2, 0.25) is 0 Å². The lowest BCUT2D eigenvalue weighted by molar-refractivity contribution is 0.0695. The Morgan fingerprint density at radius 2 is 2.05 bits per heavy atom. The molecule has 7 nitrogen and oxygen atoms in total. The molecular formula is C35H46N4O3. The minimum atomic E-state index is -0.978. The van der Waals surface area contributed by atoms with E-state index in [1.54, 1.807) is 4.68 Å². The van der Waals surface area contributed by atoms with Crippen molar-refractivity contribution in [3.63, 3.8) is 0 Å². The van der Waals surface area contributed by atoms with E-state index >= 15 is 0 Å². The third-order valence-corrected chi connectivity index (χ3v) is 8.53. The van der Waals surface area contributed by atoms with Gasteiger partial charge in [-0.2, -0.15) is 5.10 Å². The van der Waals surface area contributed by atoms with Crippen molar-refractivity contribution in [1.82, 2.24) is 14.7 Å². The molecular weight excluding hydrogens is 524 g/mol. The summed E-state index contributed by atoms with van der Waals surface area (Å²) in [7, 11) is 0. The summed E-state index contributed by atoms with van der Waals surface area (Å²) in [4.78, 5) is 19.2. The molecule has 0 saturated carbocycles. The Hall–Kier alpha value is -3.71. The summed E-state index contributed by atoms with van der Waals surface area (Å²) in [5, 5.41) is 14.1. The number of aliphatic imine (C=N–C) groups is 1. The molecule has 0 saturated heterocycles.